The predicted molar refractivity (Wildman–Crippen MR) is 113 cm³/mol. The molecule has 1 saturated heterocycles. The number of piperidine rings is 1. The van der Waals surface area contributed by atoms with Crippen LogP contribution in [-0.4, -0.2) is 41.3 Å². The van der Waals surface area contributed by atoms with Crippen molar-refractivity contribution in [3.05, 3.63) is 58.4 Å². The molecular formula is C23H23NO7. The van der Waals surface area contributed by atoms with Gasteiger partial charge in [0, 0.05) is 13.1 Å². The molecule has 0 aliphatic carbocycles. The summed E-state index contributed by atoms with van der Waals surface area (Å²) >= 11 is 0. The number of aromatic hydroxyl groups is 1. The van der Waals surface area contributed by atoms with E-state index in [1.54, 1.807) is 31.4 Å². The Kier molecular flexibility index (Phi) is 5.81. The van der Waals surface area contributed by atoms with Gasteiger partial charge in [0.2, 0.25) is 11.2 Å². The maximum atomic E-state index is 13.0. The molecule has 2 heterocycles. The second kappa shape index (κ2) is 8.69. The van der Waals surface area contributed by atoms with Gasteiger partial charge in [-0.25, -0.2) is 0 Å². The number of fused-ring (bicyclic) bond motifs is 1. The fourth-order valence-corrected chi connectivity index (χ4v) is 3.85. The summed E-state index contributed by atoms with van der Waals surface area (Å²) in [5, 5.41) is 20.0. The molecule has 1 fully saturated rings. The number of carboxylic acid groups (broad SMARTS) is 1. The molecule has 8 heteroatoms. The standard InChI is InChI=1S/C23H23NO7/c1-29-15-4-6-16(7-5-15)31-20-13-30-22-17(21(20)26)8-9-19(25)18(22)12-24-10-2-3-14(11-24)23(27)28/h4-9,13-14,25H,2-3,10-12H2,1H3,(H,27,28). The van der Waals surface area contributed by atoms with Gasteiger partial charge in [-0.3, -0.25) is 14.5 Å². The number of ether oxygens (including phenoxy) is 2. The van der Waals surface area contributed by atoms with Crippen LogP contribution in [0.1, 0.15) is 18.4 Å². The second-order valence-corrected chi connectivity index (χ2v) is 7.56. The smallest absolute Gasteiger partial charge is 0.307 e. The van der Waals surface area contributed by atoms with Crippen molar-refractivity contribution >= 4 is 16.9 Å². The lowest BCUT2D eigenvalue weighted by Gasteiger charge is -2.30. The van der Waals surface area contributed by atoms with Crippen LogP contribution in [0.25, 0.3) is 11.0 Å². The number of benzene rings is 2. The van der Waals surface area contributed by atoms with Gasteiger partial charge in [0.15, 0.2) is 0 Å². The van der Waals surface area contributed by atoms with E-state index in [1.807, 2.05) is 4.90 Å². The Balaban J connectivity index is 1.63. The van der Waals surface area contributed by atoms with Crippen LogP contribution in [0.4, 0.5) is 0 Å². The fraction of sp³-hybridized carbons (Fsp3) is 0.304. The van der Waals surface area contributed by atoms with Crippen molar-refractivity contribution in [2.45, 2.75) is 19.4 Å². The molecule has 8 nitrogen and oxygen atoms in total. The van der Waals surface area contributed by atoms with Gasteiger partial charge in [-0.15, -0.1) is 0 Å². The van der Waals surface area contributed by atoms with Crippen molar-refractivity contribution in [1.82, 2.24) is 4.90 Å². The molecule has 0 spiro atoms. The Morgan fingerprint density at radius 1 is 1.19 bits per heavy atom. The van der Waals surface area contributed by atoms with Gasteiger partial charge in [-0.2, -0.15) is 0 Å². The van der Waals surface area contributed by atoms with E-state index >= 15 is 0 Å². The third kappa shape index (κ3) is 4.34. The zero-order chi connectivity index (χ0) is 22.0. The number of hydrogen-bond acceptors (Lipinski definition) is 7. The zero-order valence-electron chi connectivity index (χ0n) is 17.0. The normalized spacial score (nSPS) is 16.9. The van der Waals surface area contributed by atoms with Crippen molar-refractivity contribution in [3.63, 3.8) is 0 Å². The van der Waals surface area contributed by atoms with Crippen LogP contribution < -0.4 is 14.9 Å². The first-order valence-electron chi connectivity index (χ1n) is 9.99. The summed E-state index contributed by atoms with van der Waals surface area (Å²) in [5.74, 6) is -0.114. The van der Waals surface area contributed by atoms with Crippen LogP contribution in [0.5, 0.6) is 23.0 Å². The van der Waals surface area contributed by atoms with Gasteiger partial charge in [0.05, 0.1) is 24.0 Å². The van der Waals surface area contributed by atoms with Crippen LogP contribution in [0, 0.1) is 5.92 Å². The van der Waals surface area contributed by atoms with Crippen LogP contribution in [0.3, 0.4) is 0 Å². The SMILES string of the molecule is COc1ccc(Oc2coc3c(CN4CCCC(C(=O)O)C4)c(O)ccc3c2=O)cc1. The molecule has 31 heavy (non-hydrogen) atoms. The monoisotopic (exact) mass is 425 g/mol. The van der Waals surface area contributed by atoms with Gasteiger partial charge >= 0.3 is 5.97 Å². The van der Waals surface area contributed by atoms with Gasteiger partial charge in [0.1, 0.15) is 29.1 Å². The molecular weight excluding hydrogens is 402 g/mol. The molecule has 4 rings (SSSR count). The van der Waals surface area contributed by atoms with Crippen molar-refractivity contribution in [1.29, 1.82) is 0 Å². The Labute approximate surface area is 178 Å². The molecule has 1 atom stereocenters. The average molecular weight is 425 g/mol. The van der Waals surface area contributed by atoms with E-state index in [-0.39, 0.29) is 34.4 Å². The first-order chi connectivity index (χ1) is 15.0. The van der Waals surface area contributed by atoms with E-state index in [4.69, 9.17) is 13.9 Å². The van der Waals surface area contributed by atoms with Crippen LogP contribution >= 0.6 is 0 Å². The number of aliphatic carboxylic acids is 1. The van der Waals surface area contributed by atoms with Crippen molar-refractivity contribution in [3.8, 4) is 23.0 Å². The summed E-state index contributed by atoms with van der Waals surface area (Å²) in [6.45, 7) is 1.38. The third-order valence-corrected chi connectivity index (χ3v) is 5.51. The maximum absolute atomic E-state index is 13.0. The predicted octanol–water partition coefficient (Wildman–Crippen LogP) is 3.60. The fourth-order valence-electron chi connectivity index (χ4n) is 3.85. The van der Waals surface area contributed by atoms with E-state index in [0.717, 1.165) is 6.42 Å². The highest BCUT2D eigenvalue weighted by Gasteiger charge is 2.27. The van der Waals surface area contributed by atoms with Crippen molar-refractivity contribution < 1.29 is 28.9 Å². The minimum atomic E-state index is -0.821. The number of nitrogens with zero attached hydrogens (tertiary/aromatic N) is 1. The second-order valence-electron chi connectivity index (χ2n) is 7.56. The summed E-state index contributed by atoms with van der Waals surface area (Å²) in [5.41, 5.74) is 0.363. The number of carboxylic acids is 1. The highest BCUT2D eigenvalue weighted by molar-refractivity contribution is 5.83. The summed E-state index contributed by atoms with van der Waals surface area (Å²) in [6.07, 6.45) is 2.62. The molecule has 1 unspecified atom stereocenters. The first kappa shape index (κ1) is 20.7. The minimum Gasteiger partial charge on any atom is -0.507 e. The molecule has 1 aliphatic rings. The highest BCUT2D eigenvalue weighted by Crippen LogP contribution is 2.31. The van der Waals surface area contributed by atoms with Gasteiger partial charge < -0.3 is 24.1 Å². The lowest BCUT2D eigenvalue weighted by molar-refractivity contribution is -0.143. The van der Waals surface area contributed by atoms with E-state index in [9.17, 15) is 19.8 Å². The zero-order valence-corrected chi connectivity index (χ0v) is 17.0. The Morgan fingerprint density at radius 3 is 2.65 bits per heavy atom. The number of rotatable bonds is 6. The molecule has 2 aromatic carbocycles. The maximum Gasteiger partial charge on any atom is 0.307 e. The number of likely N-dealkylation sites (tertiary alicyclic amines) is 1. The van der Waals surface area contributed by atoms with E-state index < -0.39 is 11.9 Å². The Morgan fingerprint density at radius 2 is 1.94 bits per heavy atom. The molecule has 0 radical (unpaired) electrons. The lowest BCUT2D eigenvalue weighted by Crippen LogP contribution is -2.38. The minimum absolute atomic E-state index is 0.00285. The van der Waals surface area contributed by atoms with Crippen LogP contribution in [0.2, 0.25) is 0 Å². The molecule has 0 amide bonds. The third-order valence-electron chi connectivity index (χ3n) is 5.51. The van der Waals surface area contributed by atoms with Gasteiger partial charge in [0.25, 0.3) is 0 Å². The molecule has 1 aromatic heterocycles. The molecule has 2 N–H and O–H groups in total. The van der Waals surface area contributed by atoms with Gasteiger partial charge in [-0.05, 0) is 55.8 Å². The molecule has 3 aromatic rings. The highest BCUT2D eigenvalue weighted by atomic mass is 16.5. The van der Waals surface area contributed by atoms with Crippen molar-refractivity contribution in [2.24, 2.45) is 5.92 Å². The summed E-state index contributed by atoms with van der Waals surface area (Å²) < 4.78 is 16.5. The number of methoxy groups -OCH3 is 1. The quantitative estimate of drug-likeness (QED) is 0.617. The molecule has 162 valence electrons. The molecule has 1 aliphatic heterocycles. The molecule has 0 bridgehead atoms. The Hall–Kier alpha value is -3.52. The largest absolute Gasteiger partial charge is 0.507 e. The number of carbonyl (C=O) groups is 1. The summed E-state index contributed by atoms with van der Waals surface area (Å²) in [7, 11) is 1.56. The Bertz CT molecular complexity index is 1150. The average Bonchev–Trinajstić information content (AvgIpc) is 2.78. The van der Waals surface area contributed by atoms with E-state index in [0.29, 0.717) is 36.6 Å². The van der Waals surface area contributed by atoms with Crippen molar-refractivity contribution in [2.75, 3.05) is 20.2 Å². The van der Waals surface area contributed by atoms with Crippen LogP contribution in [0.15, 0.2) is 51.9 Å². The van der Waals surface area contributed by atoms with E-state index in [2.05, 4.69) is 0 Å². The summed E-state index contributed by atoms with van der Waals surface area (Å²) in [4.78, 5) is 26.3. The lowest BCUT2D eigenvalue weighted by atomic mass is 9.97. The summed E-state index contributed by atoms with van der Waals surface area (Å²) in [6, 6.07) is 9.75. The number of phenols is 1. The number of hydrogen-bond donors (Lipinski definition) is 2. The number of phenolic OH excluding ortho intramolecular Hbond substituents is 1. The topological polar surface area (TPSA) is 109 Å². The van der Waals surface area contributed by atoms with Crippen LogP contribution in [-0.2, 0) is 11.3 Å². The van der Waals surface area contributed by atoms with E-state index in [1.165, 1.54) is 18.4 Å². The van der Waals surface area contributed by atoms with Gasteiger partial charge in [-0.1, -0.05) is 0 Å². The molecule has 0 saturated carbocycles. The first-order valence-corrected chi connectivity index (χ1v) is 9.99.